The molecule has 0 aliphatic carbocycles. The molecule has 0 saturated heterocycles. The molecule has 6 aromatic rings. The largest absolute Gasteiger partial charge is 0.508 e. The van der Waals surface area contributed by atoms with Gasteiger partial charge in [-0.05, 0) is 105 Å². The Morgan fingerprint density at radius 2 is 0.672 bits per heavy atom. The molecule has 0 aliphatic rings. The van der Waals surface area contributed by atoms with Crippen LogP contribution in [0.15, 0.2) is 84.9 Å². The van der Waals surface area contributed by atoms with Crippen LogP contribution < -0.4 is 0 Å². The highest BCUT2D eigenvalue weighted by Gasteiger charge is 2.19. The van der Waals surface area contributed by atoms with Gasteiger partial charge in [-0.2, -0.15) is 0 Å². The van der Waals surface area contributed by atoms with E-state index in [1.807, 2.05) is 0 Å². The Hall–Kier alpha value is -6.16. The van der Waals surface area contributed by atoms with Gasteiger partial charge >= 0.3 is 0 Å². The van der Waals surface area contributed by atoms with Crippen LogP contribution in [0.1, 0.15) is 89.0 Å². The Balaban J connectivity index is 1.36. The fraction of sp³-hybridized carbons (Fsp3) is 0.250. The van der Waals surface area contributed by atoms with E-state index < -0.39 is 19.8 Å². The standard InChI is InChI=1S/C48H50O13/c49-19-27-4-5-43(55)34(7-27)18-37-9-28(6-29-12-39(23-53)47(59)41(14-29)25-61-26-42-16-31(20-50)15-40(24-54)48(42)60)8-35(45(37)57)10-30-11-36(46(58)38(13-30)22-52)17-32-2-1-3-33(21-51)44(32)56/h1-5,7-9,11-16,49-60H,6,10,17-26H2. The van der Waals surface area contributed by atoms with Crippen molar-refractivity contribution in [2.75, 3.05) is 0 Å². The second-order valence-electron chi connectivity index (χ2n) is 15.1. The smallest absolute Gasteiger partial charge is 0.126 e. The molecule has 6 rings (SSSR count). The molecule has 0 heterocycles. The van der Waals surface area contributed by atoms with Crippen molar-refractivity contribution in [3.63, 3.8) is 0 Å². The van der Waals surface area contributed by atoms with Crippen LogP contribution in [0.4, 0.5) is 0 Å². The second kappa shape index (κ2) is 19.9. The number of aliphatic hydroxyl groups excluding tert-OH is 6. The molecule has 6 aromatic carbocycles. The molecule has 0 aliphatic heterocycles. The van der Waals surface area contributed by atoms with E-state index in [2.05, 4.69) is 0 Å². The molecular formula is C48H50O13. The molecule has 0 aromatic heterocycles. The lowest BCUT2D eigenvalue weighted by molar-refractivity contribution is 0.103. The third kappa shape index (κ3) is 10.2. The van der Waals surface area contributed by atoms with Crippen molar-refractivity contribution in [3.05, 3.63) is 174 Å². The Morgan fingerprint density at radius 3 is 1.21 bits per heavy atom. The quantitative estimate of drug-likeness (QED) is 0.0548. The summed E-state index contributed by atoms with van der Waals surface area (Å²) in [6.07, 6.45) is 0.515. The zero-order valence-corrected chi connectivity index (χ0v) is 33.3. The molecule has 0 unspecified atom stereocenters. The molecular weight excluding hydrogens is 785 g/mol. The average Bonchev–Trinajstić information content (AvgIpc) is 3.26. The lowest BCUT2D eigenvalue weighted by Gasteiger charge is -2.18. The minimum absolute atomic E-state index is 0.0346. The summed E-state index contributed by atoms with van der Waals surface area (Å²) in [4.78, 5) is 0. The van der Waals surface area contributed by atoms with Crippen LogP contribution in [-0.4, -0.2) is 61.3 Å². The first-order valence-electron chi connectivity index (χ1n) is 19.6. The molecule has 0 saturated carbocycles. The zero-order valence-electron chi connectivity index (χ0n) is 33.3. The molecule has 61 heavy (non-hydrogen) atoms. The van der Waals surface area contributed by atoms with Gasteiger partial charge in [-0.1, -0.05) is 42.5 Å². The van der Waals surface area contributed by atoms with Crippen LogP contribution in [0.25, 0.3) is 0 Å². The minimum atomic E-state index is -0.493. The van der Waals surface area contributed by atoms with Gasteiger partial charge in [-0.25, -0.2) is 0 Å². The van der Waals surface area contributed by atoms with Crippen molar-refractivity contribution in [1.82, 2.24) is 0 Å². The third-order valence-electron chi connectivity index (χ3n) is 10.8. The summed E-state index contributed by atoms with van der Waals surface area (Å²) in [5.41, 5.74) is 6.92. The van der Waals surface area contributed by atoms with E-state index in [1.54, 1.807) is 72.8 Å². The topological polar surface area (TPSA) is 252 Å². The molecule has 0 radical (unpaired) electrons. The van der Waals surface area contributed by atoms with Crippen LogP contribution >= 0.6 is 0 Å². The number of aliphatic hydroxyl groups is 6. The molecule has 0 fully saturated rings. The maximum absolute atomic E-state index is 11.8. The highest BCUT2D eigenvalue weighted by Crippen LogP contribution is 2.37. The van der Waals surface area contributed by atoms with Crippen molar-refractivity contribution in [2.45, 2.75) is 78.5 Å². The van der Waals surface area contributed by atoms with E-state index in [-0.39, 0.29) is 110 Å². The normalized spacial score (nSPS) is 11.4. The number of aromatic hydroxyl groups is 6. The van der Waals surface area contributed by atoms with Gasteiger partial charge < -0.3 is 66.0 Å². The van der Waals surface area contributed by atoms with Gasteiger partial charge in [-0.3, -0.25) is 0 Å². The number of para-hydroxylation sites is 1. The van der Waals surface area contributed by atoms with E-state index in [4.69, 9.17) is 4.74 Å². The molecule has 0 spiro atoms. The summed E-state index contributed by atoms with van der Waals surface area (Å²) in [7, 11) is 0. The fourth-order valence-corrected chi connectivity index (χ4v) is 7.64. The number of rotatable bonds is 18. The van der Waals surface area contributed by atoms with E-state index in [0.717, 1.165) is 0 Å². The van der Waals surface area contributed by atoms with Gasteiger partial charge in [0.2, 0.25) is 0 Å². The first-order valence-corrected chi connectivity index (χ1v) is 19.6. The first kappa shape index (κ1) is 44.4. The Labute approximate surface area is 352 Å². The van der Waals surface area contributed by atoms with Gasteiger partial charge in [0.1, 0.15) is 34.5 Å². The molecule has 13 heteroatoms. The van der Waals surface area contributed by atoms with E-state index in [0.29, 0.717) is 72.3 Å². The Bertz CT molecular complexity index is 2510. The predicted octanol–water partition coefficient (Wildman–Crippen LogP) is 4.95. The second-order valence-corrected chi connectivity index (χ2v) is 15.1. The summed E-state index contributed by atoms with van der Waals surface area (Å²) in [5, 5.41) is 125. The van der Waals surface area contributed by atoms with Crippen LogP contribution in [0.3, 0.4) is 0 Å². The van der Waals surface area contributed by atoms with Gasteiger partial charge in [0.05, 0.1) is 52.9 Å². The predicted molar refractivity (Wildman–Crippen MR) is 224 cm³/mol. The summed E-state index contributed by atoms with van der Waals surface area (Å²) < 4.78 is 5.88. The summed E-state index contributed by atoms with van der Waals surface area (Å²) in [6, 6.07) is 22.9. The molecule has 13 nitrogen and oxygen atoms in total. The maximum Gasteiger partial charge on any atom is 0.126 e. The highest BCUT2D eigenvalue weighted by molar-refractivity contribution is 5.54. The lowest BCUT2D eigenvalue weighted by atomic mass is 9.90. The number of hydrogen-bond donors (Lipinski definition) is 12. The van der Waals surface area contributed by atoms with Crippen LogP contribution in [-0.2, 0) is 83.3 Å². The number of phenols is 6. The number of ether oxygens (including phenoxy) is 1. The van der Waals surface area contributed by atoms with Gasteiger partial charge in [0.15, 0.2) is 0 Å². The zero-order chi connectivity index (χ0) is 43.8. The summed E-state index contributed by atoms with van der Waals surface area (Å²) in [6.45, 7) is -2.63. The number of hydrogen-bond acceptors (Lipinski definition) is 13. The summed E-state index contributed by atoms with van der Waals surface area (Å²) in [5.74, 6) is -0.725. The first-order chi connectivity index (χ1) is 29.4. The van der Waals surface area contributed by atoms with Crippen molar-refractivity contribution in [1.29, 1.82) is 0 Å². The van der Waals surface area contributed by atoms with Gasteiger partial charge in [0.25, 0.3) is 0 Å². The molecule has 12 N–H and O–H groups in total. The van der Waals surface area contributed by atoms with Crippen molar-refractivity contribution in [3.8, 4) is 34.5 Å². The SMILES string of the molecule is OCc1ccc(O)c(Cc2cc(Cc3cc(CO)c(O)c(COCc4cc(CO)cc(CO)c4O)c3)cc(Cc3cc(CO)c(O)c(Cc4cccc(CO)c4O)c3)c2O)c1. The van der Waals surface area contributed by atoms with Crippen LogP contribution in [0.2, 0.25) is 0 Å². The van der Waals surface area contributed by atoms with Crippen LogP contribution in [0.5, 0.6) is 34.5 Å². The molecule has 320 valence electrons. The molecule has 0 atom stereocenters. The van der Waals surface area contributed by atoms with E-state index in [9.17, 15) is 61.3 Å². The minimum Gasteiger partial charge on any atom is -0.508 e. The summed E-state index contributed by atoms with van der Waals surface area (Å²) >= 11 is 0. The Kier molecular flexibility index (Phi) is 14.5. The van der Waals surface area contributed by atoms with Crippen LogP contribution in [0, 0.1) is 0 Å². The monoisotopic (exact) mass is 834 g/mol. The number of benzene rings is 6. The fourth-order valence-electron chi connectivity index (χ4n) is 7.64. The maximum atomic E-state index is 11.8. The van der Waals surface area contributed by atoms with E-state index >= 15 is 0 Å². The van der Waals surface area contributed by atoms with Crippen molar-refractivity contribution >= 4 is 0 Å². The van der Waals surface area contributed by atoms with E-state index in [1.165, 1.54) is 12.1 Å². The number of phenolic OH excluding ortho intramolecular Hbond substituents is 2. The van der Waals surface area contributed by atoms with Crippen molar-refractivity contribution in [2.24, 2.45) is 0 Å². The van der Waals surface area contributed by atoms with Crippen molar-refractivity contribution < 1.29 is 66.0 Å². The van der Waals surface area contributed by atoms with Gasteiger partial charge in [-0.15, -0.1) is 0 Å². The molecule has 0 amide bonds. The lowest BCUT2D eigenvalue weighted by Crippen LogP contribution is -2.03. The Morgan fingerprint density at radius 1 is 0.295 bits per heavy atom. The molecule has 0 bridgehead atoms. The third-order valence-corrected chi connectivity index (χ3v) is 10.8. The average molecular weight is 835 g/mol. The van der Waals surface area contributed by atoms with Gasteiger partial charge in [0, 0.05) is 52.6 Å². The highest BCUT2D eigenvalue weighted by atomic mass is 16.5.